The molecule has 18 heavy (non-hydrogen) atoms. The predicted molar refractivity (Wildman–Crippen MR) is 75.8 cm³/mol. The summed E-state index contributed by atoms with van der Waals surface area (Å²) in [5.74, 6) is 0. The predicted octanol–water partition coefficient (Wildman–Crippen LogP) is 4.02. The van der Waals surface area contributed by atoms with Crippen molar-refractivity contribution in [2.45, 2.75) is 13.3 Å². The largest absolute Gasteiger partial charge is 0.355 e. The molecule has 0 fully saturated rings. The van der Waals surface area contributed by atoms with Crippen LogP contribution in [0.25, 0.3) is 0 Å². The molecule has 0 radical (unpaired) electrons. The van der Waals surface area contributed by atoms with Crippen LogP contribution in [0.5, 0.6) is 0 Å². The highest BCUT2D eigenvalue weighted by molar-refractivity contribution is 9.10. The molecule has 3 nitrogen and oxygen atoms in total. The van der Waals surface area contributed by atoms with Gasteiger partial charge in [0.15, 0.2) is 0 Å². The Bertz CT molecular complexity index is 602. The number of pyridine rings is 1. The third-order valence-corrected chi connectivity index (χ3v) is 3.09. The molecule has 4 heteroatoms. The molecule has 0 amide bonds. The van der Waals surface area contributed by atoms with E-state index in [0.29, 0.717) is 5.69 Å². The lowest BCUT2D eigenvalue weighted by molar-refractivity contribution is 1.14. The lowest BCUT2D eigenvalue weighted by atomic mass is 10.1. The summed E-state index contributed by atoms with van der Waals surface area (Å²) in [4.78, 5) is 3.95. The van der Waals surface area contributed by atoms with Crippen LogP contribution in [0.1, 0.15) is 18.2 Å². The highest BCUT2D eigenvalue weighted by Gasteiger charge is 2.03. The van der Waals surface area contributed by atoms with E-state index in [1.165, 1.54) is 5.56 Å². The van der Waals surface area contributed by atoms with E-state index in [9.17, 15) is 0 Å². The van der Waals surface area contributed by atoms with Gasteiger partial charge < -0.3 is 5.32 Å². The summed E-state index contributed by atoms with van der Waals surface area (Å²) in [7, 11) is 0. The molecule has 0 atom stereocenters. The van der Waals surface area contributed by atoms with E-state index in [4.69, 9.17) is 5.26 Å². The van der Waals surface area contributed by atoms with E-state index in [2.05, 4.69) is 39.2 Å². The van der Waals surface area contributed by atoms with Crippen molar-refractivity contribution in [3.8, 4) is 6.07 Å². The second-order valence-electron chi connectivity index (χ2n) is 3.82. The number of hydrogen-bond acceptors (Lipinski definition) is 3. The third-order valence-electron chi connectivity index (χ3n) is 2.60. The number of hydrogen-bond donors (Lipinski definition) is 1. The van der Waals surface area contributed by atoms with Gasteiger partial charge in [0.1, 0.15) is 11.8 Å². The van der Waals surface area contributed by atoms with Gasteiger partial charge in [-0.3, -0.25) is 0 Å². The fraction of sp³-hybridized carbons (Fsp3) is 0.143. The van der Waals surface area contributed by atoms with Crippen LogP contribution in [-0.2, 0) is 6.42 Å². The fourth-order valence-electron chi connectivity index (χ4n) is 1.70. The number of benzene rings is 1. The standard InChI is InChI=1S/C14H12BrN3/c1-2-10-7-11(15)3-4-14(10)18-12-5-6-17-13(8-12)9-16/h3-8H,2H2,1H3,(H,17,18). The number of aromatic nitrogens is 1. The number of nitrogens with zero attached hydrogens (tertiary/aromatic N) is 2. The van der Waals surface area contributed by atoms with Crippen LogP contribution in [-0.4, -0.2) is 4.98 Å². The number of nitrogens with one attached hydrogen (secondary N) is 1. The highest BCUT2D eigenvalue weighted by Crippen LogP contribution is 2.25. The van der Waals surface area contributed by atoms with Crippen molar-refractivity contribution in [1.82, 2.24) is 4.98 Å². The zero-order chi connectivity index (χ0) is 13.0. The quantitative estimate of drug-likeness (QED) is 0.931. The Balaban J connectivity index is 2.31. The van der Waals surface area contributed by atoms with Crippen LogP contribution >= 0.6 is 15.9 Å². The van der Waals surface area contributed by atoms with Crippen molar-refractivity contribution in [3.63, 3.8) is 0 Å². The Morgan fingerprint density at radius 2 is 2.17 bits per heavy atom. The first-order valence-corrected chi connectivity index (χ1v) is 6.44. The van der Waals surface area contributed by atoms with Gasteiger partial charge in [-0.25, -0.2) is 4.98 Å². The maximum absolute atomic E-state index is 8.82. The number of anilines is 2. The second kappa shape index (κ2) is 5.65. The minimum absolute atomic E-state index is 0.412. The molecule has 90 valence electrons. The summed E-state index contributed by atoms with van der Waals surface area (Å²) < 4.78 is 1.07. The molecule has 0 saturated carbocycles. The Kier molecular flexibility index (Phi) is 3.96. The van der Waals surface area contributed by atoms with E-state index in [0.717, 1.165) is 22.3 Å². The summed E-state index contributed by atoms with van der Waals surface area (Å²) in [6, 6.07) is 11.7. The van der Waals surface area contributed by atoms with Gasteiger partial charge in [0, 0.05) is 22.0 Å². The van der Waals surface area contributed by atoms with Crippen molar-refractivity contribution < 1.29 is 0 Å². The van der Waals surface area contributed by atoms with E-state index in [1.54, 1.807) is 12.3 Å². The molecule has 0 aliphatic carbocycles. The van der Waals surface area contributed by atoms with Crippen LogP contribution in [0, 0.1) is 11.3 Å². The SMILES string of the molecule is CCc1cc(Br)ccc1Nc1ccnc(C#N)c1. The smallest absolute Gasteiger partial charge is 0.142 e. The zero-order valence-electron chi connectivity index (χ0n) is 9.94. The summed E-state index contributed by atoms with van der Waals surface area (Å²) in [5, 5.41) is 12.1. The van der Waals surface area contributed by atoms with Gasteiger partial charge >= 0.3 is 0 Å². The maximum Gasteiger partial charge on any atom is 0.142 e. The summed E-state index contributed by atoms with van der Waals surface area (Å²) >= 11 is 3.46. The number of rotatable bonds is 3. The molecule has 1 heterocycles. The van der Waals surface area contributed by atoms with Crippen molar-refractivity contribution >= 4 is 27.3 Å². The van der Waals surface area contributed by atoms with Crippen LogP contribution in [0.2, 0.25) is 0 Å². The van der Waals surface area contributed by atoms with Gasteiger partial charge in [-0.1, -0.05) is 22.9 Å². The molecule has 0 aliphatic rings. The minimum atomic E-state index is 0.412. The molecule has 0 bridgehead atoms. The number of halogens is 1. The summed E-state index contributed by atoms with van der Waals surface area (Å²) in [6.45, 7) is 2.11. The fourth-order valence-corrected chi connectivity index (χ4v) is 2.11. The topological polar surface area (TPSA) is 48.7 Å². The molecule has 1 N–H and O–H groups in total. The number of aryl methyl sites for hydroxylation is 1. The lowest BCUT2D eigenvalue weighted by Gasteiger charge is -2.11. The van der Waals surface area contributed by atoms with Crippen LogP contribution in [0.15, 0.2) is 41.0 Å². The second-order valence-corrected chi connectivity index (χ2v) is 4.74. The van der Waals surface area contributed by atoms with Gasteiger partial charge in [0.25, 0.3) is 0 Å². The Morgan fingerprint density at radius 1 is 1.33 bits per heavy atom. The molecular formula is C14H12BrN3. The summed E-state index contributed by atoms with van der Waals surface area (Å²) in [5.41, 5.74) is 3.56. The monoisotopic (exact) mass is 301 g/mol. The van der Waals surface area contributed by atoms with Crippen molar-refractivity contribution in [2.75, 3.05) is 5.32 Å². The molecular weight excluding hydrogens is 290 g/mol. The van der Waals surface area contributed by atoms with Gasteiger partial charge in [0.2, 0.25) is 0 Å². The Morgan fingerprint density at radius 3 is 2.89 bits per heavy atom. The number of nitriles is 1. The van der Waals surface area contributed by atoms with E-state index < -0.39 is 0 Å². The van der Waals surface area contributed by atoms with Gasteiger partial charge in [-0.15, -0.1) is 0 Å². The van der Waals surface area contributed by atoms with Crippen molar-refractivity contribution in [1.29, 1.82) is 5.26 Å². The molecule has 2 aromatic rings. The van der Waals surface area contributed by atoms with E-state index in [-0.39, 0.29) is 0 Å². The minimum Gasteiger partial charge on any atom is -0.355 e. The Labute approximate surface area is 115 Å². The normalized spacial score (nSPS) is 9.83. The van der Waals surface area contributed by atoms with E-state index >= 15 is 0 Å². The lowest BCUT2D eigenvalue weighted by Crippen LogP contribution is -1.96. The molecule has 0 spiro atoms. The highest BCUT2D eigenvalue weighted by atomic mass is 79.9. The Hall–Kier alpha value is -1.86. The average molecular weight is 302 g/mol. The van der Waals surface area contributed by atoms with Crippen molar-refractivity contribution in [3.05, 3.63) is 52.3 Å². The van der Waals surface area contributed by atoms with Crippen LogP contribution in [0.4, 0.5) is 11.4 Å². The average Bonchev–Trinajstić information content (AvgIpc) is 2.41. The first-order valence-electron chi connectivity index (χ1n) is 5.64. The van der Waals surface area contributed by atoms with Crippen LogP contribution in [0.3, 0.4) is 0 Å². The molecule has 0 unspecified atom stereocenters. The zero-order valence-corrected chi connectivity index (χ0v) is 11.5. The molecule has 0 aliphatic heterocycles. The summed E-state index contributed by atoms with van der Waals surface area (Å²) in [6.07, 6.45) is 2.57. The molecule has 1 aromatic heterocycles. The molecule has 0 saturated heterocycles. The van der Waals surface area contributed by atoms with Crippen molar-refractivity contribution in [2.24, 2.45) is 0 Å². The van der Waals surface area contributed by atoms with E-state index in [1.807, 2.05) is 24.3 Å². The third kappa shape index (κ3) is 2.88. The van der Waals surface area contributed by atoms with Crippen LogP contribution < -0.4 is 5.32 Å². The van der Waals surface area contributed by atoms with Gasteiger partial charge in [0.05, 0.1) is 0 Å². The molecule has 1 aromatic carbocycles. The first kappa shape index (κ1) is 12.6. The molecule has 2 rings (SSSR count). The first-order chi connectivity index (χ1) is 8.72. The van der Waals surface area contributed by atoms with Gasteiger partial charge in [-0.05, 0) is 42.3 Å². The maximum atomic E-state index is 8.82. The van der Waals surface area contributed by atoms with Gasteiger partial charge in [-0.2, -0.15) is 5.26 Å².